The Hall–Kier alpha value is -1.84. The van der Waals surface area contributed by atoms with E-state index in [1.807, 2.05) is 0 Å². The van der Waals surface area contributed by atoms with Gasteiger partial charge in [-0.25, -0.2) is 0 Å². The summed E-state index contributed by atoms with van der Waals surface area (Å²) in [5, 5.41) is 16.0. The first kappa shape index (κ1) is 14.6. The summed E-state index contributed by atoms with van der Waals surface area (Å²) in [6.45, 7) is 0.594. The standard InChI is InChI=1S/C14H16N2O3S/c17-8-1-2-10-5-9-20-12(10)14(19)16-7-6-15-13(18)11-3-4-11/h5,9,11,17H,3-4,6-8H2,(H,15,18)(H,16,19). The number of carbonyl (C=O) groups excluding carboxylic acids is 2. The lowest BCUT2D eigenvalue weighted by Gasteiger charge is -2.06. The summed E-state index contributed by atoms with van der Waals surface area (Å²) in [4.78, 5) is 23.9. The van der Waals surface area contributed by atoms with Crippen molar-refractivity contribution in [3.63, 3.8) is 0 Å². The number of rotatable bonds is 5. The first-order valence-electron chi connectivity index (χ1n) is 6.45. The van der Waals surface area contributed by atoms with E-state index >= 15 is 0 Å². The van der Waals surface area contributed by atoms with Gasteiger partial charge in [0.1, 0.15) is 11.5 Å². The topological polar surface area (TPSA) is 78.4 Å². The second-order valence-electron chi connectivity index (χ2n) is 4.44. The Morgan fingerprint density at radius 1 is 1.35 bits per heavy atom. The first-order chi connectivity index (χ1) is 9.72. The molecule has 0 radical (unpaired) electrons. The van der Waals surface area contributed by atoms with Crippen molar-refractivity contribution in [2.75, 3.05) is 19.7 Å². The highest BCUT2D eigenvalue weighted by molar-refractivity contribution is 7.12. The van der Waals surface area contributed by atoms with Crippen LogP contribution >= 0.6 is 11.3 Å². The number of aliphatic hydroxyl groups excluding tert-OH is 1. The number of carbonyl (C=O) groups is 2. The molecule has 0 spiro atoms. The molecule has 6 heteroatoms. The summed E-state index contributed by atoms with van der Waals surface area (Å²) in [5.74, 6) is 5.31. The molecule has 106 valence electrons. The van der Waals surface area contributed by atoms with Crippen LogP contribution in [0.2, 0.25) is 0 Å². The molecule has 0 atom stereocenters. The molecule has 0 unspecified atom stereocenters. The smallest absolute Gasteiger partial charge is 0.262 e. The third-order valence-corrected chi connectivity index (χ3v) is 3.74. The van der Waals surface area contributed by atoms with Crippen LogP contribution in [-0.2, 0) is 4.79 Å². The van der Waals surface area contributed by atoms with Crippen LogP contribution in [0.4, 0.5) is 0 Å². The average Bonchev–Trinajstić information content (AvgIpc) is 3.19. The Bertz CT molecular complexity index is 552. The maximum absolute atomic E-state index is 11.9. The summed E-state index contributed by atoms with van der Waals surface area (Å²) < 4.78 is 0. The van der Waals surface area contributed by atoms with Gasteiger partial charge in [0.15, 0.2) is 0 Å². The molecule has 0 aliphatic heterocycles. The number of aliphatic hydroxyl groups is 1. The molecular formula is C14H16N2O3S. The molecular weight excluding hydrogens is 276 g/mol. The van der Waals surface area contributed by atoms with E-state index in [0.29, 0.717) is 23.5 Å². The molecule has 20 heavy (non-hydrogen) atoms. The van der Waals surface area contributed by atoms with Gasteiger partial charge in [0, 0.05) is 24.6 Å². The molecule has 0 aromatic carbocycles. The van der Waals surface area contributed by atoms with E-state index in [4.69, 9.17) is 5.11 Å². The normalized spacial score (nSPS) is 13.2. The minimum Gasteiger partial charge on any atom is -0.384 e. The van der Waals surface area contributed by atoms with Crippen molar-refractivity contribution >= 4 is 23.2 Å². The predicted octanol–water partition coefficient (Wildman–Crippen LogP) is 0.348. The third kappa shape index (κ3) is 4.08. The fraction of sp³-hybridized carbons (Fsp3) is 0.429. The Morgan fingerprint density at radius 3 is 2.80 bits per heavy atom. The van der Waals surface area contributed by atoms with Crippen molar-refractivity contribution in [1.82, 2.24) is 10.6 Å². The van der Waals surface area contributed by atoms with E-state index in [2.05, 4.69) is 22.5 Å². The van der Waals surface area contributed by atoms with Gasteiger partial charge >= 0.3 is 0 Å². The molecule has 1 fully saturated rings. The van der Waals surface area contributed by atoms with Gasteiger partial charge in [-0.15, -0.1) is 11.3 Å². The van der Waals surface area contributed by atoms with Crippen LogP contribution in [0, 0.1) is 17.8 Å². The molecule has 1 saturated carbocycles. The highest BCUT2D eigenvalue weighted by atomic mass is 32.1. The highest BCUT2D eigenvalue weighted by Gasteiger charge is 2.29. The van der Waals surface area contributed by atoms with Gasteiger partial charge < -0.3 is 15.7 Å². The molecule has 0 saturated heterocycles. The molecule has 1 aliphatic rings. The Morgan fingerprint density at radius 2 is 2.10 bits per heavy atom. The molecule has 1 aliphatic carbocycles. The van der Waals surface area contributed by atoms with Gasteiger partial charge in [0.25, 0.3) is 5.91 Å². The Kier molecular flexibility index (Phi) is 5.16. The molecule has 1 aromatic rings. The van der Waals surface area contributed by atoms with Crippen LogP contribution in [0.5, 0.6) is 0 Å². The second kappa shape index (κ2) is 7.08. The third-order valence-electron chi connectivity index (χ3n) is 2.83. The fourth-order valence-electron chi connectivity index (χ4n) is 1.65. The molecule has 1 aromatic heterocycles. The first-order valence-corrected chi connectivity index (χ1v) is 7.33. The predicted molar refractivity (Wildman–Crippen MR) is 76.3 cm³/mol. The monoisotopic (exact) mass is 292 g/mol. The average molecular weight is 292 g/mol. The summed E-state index contributed by atoms with van der Waals surface area (Å²) >= 11 is 1.30. The van der Waals surface area contributed by atoms with E-state index in [1.54, 1.807) is 11.4 Å². The van der Waals surface area contributed by atoms with Crippen LogP contribution in [0.1, 0.15) is 28.1 Å². The van der Waals surface area contributed by atoms with Crippen molar-refractivity contribution in [2.24, 2.45) is 5.92 Å². The number of amides is 2. The molecule has 2 rings (SSSR count). The van der Waals surface area contributed by atoms with E-state index in [0.717, 1.165) is 12.8 Å². The summed E-state index contributed by atoms with van der Waals surface area (Å²) in [6, 6.07) is 1.75. The van der Waals surface area contributed by atoms with Gasteiger partial charge in [-0.3, -0.25) is 9.59 Å². The number of hydrogen-bond donors (Lipinski definition) is 3. The van der Waals surface area contributed by atoms with Crippen LogP contribution in [0.3, 0.4) is 0 Å². The van der Waals surface area contributed by atoms with Crippen LogP contribution in [0.25, 0.3) is 0 Å². The maximum atomic E-state index is 11.9. The zero-order valence-corrected chi connectivity index (χ0v) is 11.8. The molecule has 0 bridgehead atoms. The van der Waals surface area contributed by atoms with Gasteiger partial charge in [0.2, 0.25) is 5.91 Å². The van der Waals surface area contributed by atoms with Crippen molar-refractivity contribution < 1.29 is 14.7 Å². The van der Waals surface area contributed by atoms with E-state index in [-0.39, 0.29) is 24.3 Å². The Labute approximate surface area is 121 Å². The van der Waals surface area contributed by atoms with Crippen LogP contribution < -0.4 is 10.6 Å². The van der Waals surface area contributed by atoms with Crippen molar-refractivity contribution in [3.05, 3.63) is 21.9 Å². The van der Waals surface area contributed by atoms with E-state index in [9.17, 15) is 9.59 Å². The Balaban J connectivity index is 1.76. The van der Waals surface area contributed by atoms with Crippen LogP contribution in [-0.4, -0.2) is 36.6 Å². The van der Waals surface area contributed by atoms with Crippen LogP contribution in [0.15, 0.2) is 11.4 Å². The van der Waals surface area contributed by atoms with E-state index in [1.165, 1.54) is 11.3 Å². The summed E-state index contributed by atoms with van der Waals surface area (Å²) in [5.41, 5.74) is 0.614. The van der Waals surface area contributed by atoms with Gasteiger partial charge in [-0.1, -0.05) is 11.8 Å². The number of nitrogens with one attached hydrogen (secondary N) is 2. The fourth-order valence-corrected chi connectivity index (χ4v) is 2.42. The van der Waals surface area contributed by atoms with Gasteiger partial charge in [-0.2, -0.15) is 0 Å². The highest BCUT2D eigenvalue weighted by Crippen LogP contribution is 2.28. The quantitative estimate of drug-likeness (QED) is 0.541. The summed E-state index contributed by atoms with van der Waals surface area (Å²) in [7, 11) is 0. The minimum atomic E-state index is -0.232. The lowest BCUT2D eigenvalue weighted by Crippen LogP contribution is -2.35. The van der Waals surface area contributed by atoms with Crippen molar-refractivity contribution in [3.8, 4) is 11.8 Å². The zero-order chi connectivity index (χ0) is 14.4. The molecule has 3 N–H and O–H groups in total. The summed E-state index contributed by atoms with van der Waals surface area (Å²) in [6.07, 6.45) is 1.94. The molecule has 5 nitrogen and oxygen atoms in total. The molecule has 2 amide bonds. The second-order valence-corrected chi connectivity index (χ2v) is 5.36. The minimum absolute atomic E-state index is 0.0740. The SMILES string of the molecule is O=C(NCCNC(=O)C1CC1)c1sccc1C#CCO. The molecule has 1 heterocycles. The number of hydrogen-bond acceptors (Lipinski definition) is 4. The largest absolute Gasteiger partial charge is 0.384 e. The van der Waals surface area contributed by atoms with Gasteiger partial charge in [0.05, 0.1) is 0 Å². The van der Waals surface area contributed by atoms with E-state index < -0.39 is 0 Å². The lowest BCUT2D eigenvalue weighted by atomic mass is 10.2. The van der Waals surface area contributed by atoms with Crippen molar-refractivity contribution in [1.29, 1.82) is 0 Å². The van der Waals surface area contributed by atoms with Gasteiger partial charge in [-0.05, 0) is 24.3 Å². The number of thiophene rings is 1. The lowest BCUT2D eigenvalue weighted by molar-refractivity contribution is -0.122. The zero-order valence-electron chi connectivity index (χ0n) is 10.9. The maximum Gasteiger partial charge on any atom is 0.262 e. The van der Waals surface area contributed by atoms with Crippen molar-refractivity contribution in [2.45, 2.75) is 12.8 Å².